The van der Waals surface area contributed by atoms with E-state index in [-0.39, 0.29) is 29.6 Å². The summed E-state index contributed by atoms with van der Waals surface area (Å²) in [6.07, 6.45) is 5.81. The molecule has 1 unspecified atom stereocenters. The van der Waals surface area contributed by atoms with Crippen LogP contribution in [0.15, 0.2) is 12.1 Å². The molecule has 1 rings (SSSR count). The lowest BCUT2D eigenvalue weighted by molar-refractivity contribution is -0.135. The van der Waals surface area contributed by atoms with Crippen LogP contribution in [0.4, 0.5) is 0 Å². The van der Waals surface area contributed by atoms with E-state index in [1.165, 1.54) is 19.3 Å². The van der Waals surface area contributed by atoms with Crippen molar-refractivity contribution < 1.29 is 19.1 Å². The topological polar surface area (TPSA) is 52.6 Å². The van der Waals surface area contributed by atoms with Crippen LogP contribution in [0.1, 0.15) is 112 Å². The summed E-state index contributed by atoms with van der Waals surface area (Å²) in [6, 6.07) is 4.03. The second-order valence-electron chi connectivity index (χ2n) is 11.6. The van der Waals surface area contributed by atoms with Gasteiger partial charge in [-0.1, -0.05) is 81.6 Å². The smallest absolute Gasteiger partial charge is 0.311 e. The number of carbonyl (C=O) groups excluding carboxylic acids is 2. The Morgan fingerprint density at radius 2 is 1.50 bits per heavy atom. The molecule has 182 valence electrons. The van der Waals surface area contributed by atoms with E-state index < -0.39 is 0 Å². The highest BCUT2D eigenvalue weighted by atomic mass is 16.5. The van der Waals surface area contributed by atoms with Crippen molar-refractivity contribution in [3.63, 3.8) is 0 Å². The van der Waals surface area contributed by atoms with Crippen molar-refractivity contribution in [2.75, 3.05) is 6.61 Å². The molecular formula is C28H46O4. The molecule has 0 spiro atoms. The van der Waals surface area contributed by atoms with Crippen molar-refractivity contribution in [3.05, 3.63) is 23.3 Å². The van der Waals surface area contributed by atoms with E-state index in [4.69, 9.17) is 9.47 Å². The zero-order chi connectivity index (χ0) is 24.5. The molecule has 0 aliphatic carbocycles. The molecule has 0 bridgehead atoms. The molecule has 0 heterocycles. The minimum atomic E-state index is -0.378. The Hall–Kier alpha value is -1.84. The summed E-state index contributed by atoms with van der Waals surface area (Å²) in [7, 11) is 0. The molecule has 0 N–H and O–H groups in total. The van der Waals surface area contributed by atoms with Gasteiger partial charge in [0, 0.05) is 17.5 Å². The number of esters is 1. The third-order valence-corrected chi connectivity index (χ3v) is 5.72. The average molecular weight is 447 g/mol. The van der Waals surface area contributed by atoms with Crippen LogP contribution >= 0.6 is 0 Å². The Balaban J connectivity index is 3.09. The first-order chi connectivity index (χ1) is 14.8. The fourth-order valence-corrected chi connectivity index (χ4v) is 3.65. The van der Waals surface area contributed by atoms with Gasteiger partial charge >= 0.3 is 5.97 Å². The van der Waals surface area contributed by atoms with Gasteiger partial charge in [0.1, 0.15) is 17.8 Å². The number of rotatable bonds is 12. The van der Waals surface area contributed by atoms with Crippen LogP contribution in [0.3, 0.4) is 0 Å². The summed E-state index contributed by atoms with van der Waals surface area (Å²) in [5.74, 6) is 2.45. The molecular weight excluding hydrogens is 400 g/mol. The van der Waals surface area contributed by atoms with Crippen LogP contribution in [0.2, 0.25) is 0 Å². The summed E-state index contributed by atoms with van der Waals surface area (Å²) in [4.78, 5) is 23.0. The van der Waals surface area contributed by atoms with Gasteiger partial charge in [0.2, 0.25) is 0 Å². The van der Waals surface area contributed by atoms with E-state index in [0.717, 1.165) is 35.5 Å². The molecule has 4 heteroatoms. The maximum Gasteiger partial charge on any atom is 0.311 e. The van der Waals surface area contributed by atoms with Crippen LogP contribution < -0.4 is 9.47 Å². The standard InChI is InChI=1S/C28H46O4/c1-20(2)12-10-13-21(3)15-17-31-22-18-23(27(4,5)6)26(24(19-22)28(7,8)9)32-25(30)14-11-16-29/h16,18-21H,10-15,17H2,1-9H3. The minimum Gasteiger partial charge on any atom is -0.494 e. The van der Waals surface area contributed by atoms with Gasteiger partial charge in [-0.3, -0.25) is 4.79 Å². The molecule has 0 fully saturated rings. The van der Waals surface area contributed by atoms with Crippen molar-refractivity contribution in [1.82, 2.24) is 0 Å². The zero-order valence-corrected chi connectivity index (χ0v) is 22.0. The summed E-state index contributed by atoms with van der Waals surface area (Å²) < 4.78 is 12.1. The van der Waals surface area contributed by atoms with E-state index in [0.29, 0.717) is 18.3 Å². The minimum absolute atomic E-state index is 0.0869. The average Bonchev–Trinajstić information content (AvgIpc) is 2.65. The van der Waals surface area contributed by atoms with Gasteiger partial charge in [0.05, 0.1) is 13.0 Å². The molecule has 0 aliphatic heterocycles. The van der Waals surface area contributed by atoms with Gasteiger partial charge in [-0.25, -0.2) is 0 Å². The summed E-state index contributed by atoms with van der Waals surface area (Å²) in [5.41, 5.74) is 1.43. The predicted octanol–water partition coefficient (Wildman–Crippen LogP) is 7.40. The number of ether oxygens (including phenoxy) is 2. The molecule has 0 saturated heterocycles. The highest BCUT2D eigenvalue weighted by Crippen LogP contribution is 2.42. The van der Waals surface area contributed by atoms with Gasteiger partial charge in [-0.05, 0) is 41.2 Å². The first-order valence-electron chi connectivity index (χ1n) is 12.2. The summed E-state index contributed by atoms with van der Waals surface area (Å²) in [5, 5.41) is 0. The number of hydrogen-bond donors (Lipinski definition) is 0. The largest absolute Gasteiger partial charge is 0.494 e. The van der Waals surface area contributed by atoms with Gasteiger partial charge < -0.3 is 14.3 Å². The highest BCUT2D eigenvalue weighted by molar-refractivity contribution is 5.76. The molecule has 0 saturated carbocycles. The maximum absolute atomic E-state index is 12.4. The molecule has 0 aliphatic rings. The van der Waals surface area contributed by atoms with E-state index >= 15 is 0 Å². The number of aldehydes is 1. The molecule has 0 radical (unpaired) electrons. The quantitative estimate of drug-likeness (QED) is 0.191. The third-order valence-electron chi connectivity index (χ3n) is 5.72. The molecule has 1 aromatic rings. The lowest BCUT2D eigenvalue weighted by atomic mass is 9.79. The fraction of sp³-hybridized carbons (Fsp3) is 0.714. The van der Waals surface area contributed by atoms with Crippen LogP contribution in [0.5, 0.6) is 11.5 Å². The second-order valence-corrected chi connectivity index (χ2v) is 11.6. The molecule has 1 atom stereocenters. The molecule has 0 aromatic heterocycles. The lowest BCUT2D eigenvalue weighted by Gasteiger charge is -2.30. The van der Waals surface area contributed by atoms with Crippen LogP contribution in [-0.2, 0) is 20.4 Å². The molecule has 4 nitrogen and oxygen atoms in total. The van der Waals surface area contributed by atoms with E-state index in [2.05, 4.69) is 62.3 Å². The van der Waals surface area contributed by atoms with E-state index in [9.17, 15) is 9.59 Å². The van der Waals surface area contributed by atoms with Crippen molar-refractivity contribution in [3.8, 4) is 11.5 Å². The Morgan fingerprint density at radius 3 is 1.97 bits per heavy atom. The van der Waals surface area contributed by atoms with Crippen molar-refractivity contribution in [1.29, 1.82) is 0 Å². The maximum atomic E-state index is 12.4. The Morgan fingerprint density at radius 1 is 0.938 bits per heavy atom. The molecule has 1 aromatic carbocycles. The molecule has 0 amide bonds. The first-order valence-corrected chi connectivity index (χ1v) is 12.2. The van der Waals surface area contributed by atoms with E-state index in [1.807, 2.05) is 12.1 Å². The summed E-state index contributed by atoms with van der Waals surface area (Å²) in [6.45, 7) is 20.2. The van der Waals surface area contributed by atoms with Gasteiger partial charge in [0.15, 0.2) is 0 Å². The predicted molar refractivity (Wildman–Crippen MR) is 133 cm³/mol. The SMILES string of the molecule is CC(C)CCCC(C)CCOc1cc(C(C)(C)C)c(OC(=O)CCC=O)c(C(C)(C)C)c1. The first kappa shape index (κ1) is 28.2. The van der Waals surface area contributed by atoms with Crippen LogP contribution in [0, 0.1) is 11.8 Å². The Bertz CT molecular complexity index is 700. The van der Waals surface area contributed by atoms with Gasteiger partial charge in [0.25, 0.3) is 0 Å². The zero-order valence-electron chi connectivity index (χ0n) is 22.0. The summed E-state index contributed by atoms with van der Waals surface area (Å²) >= 11 is 0. The monoisotopic (exact) mass is 446 g/mol. The molecule has 32 heavy (non-hydrogen) atoms. The third kappa shape index (κ3) is 9.75. The lowest BCUT2D eigenvalue weighted by Crippen LogP contribution is -2.22. The van der Waals surface area contributed by atoms with Crippen molar-refractivity contribution in [2.45, 2.75) is 112 Å². The van der Waals surface area contributed by atoms with Crippen molar-refractivity contribution >= 4 is 12.3 Å². The normalized spacial score (nSPS) is 13.2. The number of carbonyl (C=O) groups is 2. The van der Waals surface area contributed by atoms with Gasteiger partial charge in [-0.2, -0.15) is 0 Å². The van der Waals surface area contributed by atoms with Gasteiger partial charge in [-0.15, -0.1) is 0 Å². The van der Waals surface area contributed by atoms with Crippen LogP contribution in [-0.4, -0.2) is 18.9 Å². The van der Waals surface area contributed by atoms with Crippen molar-refractivity contribution in [2.24, 2.45) is 11.8 Å². The fourth-order valence-electron chi connectivity index (χ4n) is 3.65. The number of hydrogen-bond acceptors (Lipinski definition) is 4. The number of benzene rings is 1. The van der Waals surface area contributed by atoms with E-state index in [1.54, 1.807) is 0 Å². The van der Waals surface area contributed by atoms with Crippen LogP contribution in [0.25, 0.3) is 0 Å². The highest BCUT2D eigenvalue weighted by Gasteiger charge is 2.29. The Labute approximate surface area is 196 Å². The Kier molecular flexibility index (Phi) is 10.9. The second kappa shape index (κ2) is 12.4.